The van der Waals surface area contributed by atoms with Crippen LogP contribution in [0.5, 0.6) is 11.5 Å². The van der Waals surface area contributed by atoms with Crippen LogP contribution in [0.1, 0.15) is 24.1 Å². The summed E-state index contributed by atoms with van der Waals surface area (Å²) in [5.41, 5.74) is 7.72. The lowest BCUT2D eigenvalue weighted by Gasteiger charge is -2.17. The molecule has 0 amide bonds. The van der Waals surface area contributed by atoms with Gasteiger partial charge in [0.05, 0.1) is 0 Å². The molecule has 3 rings (SSSR count). The van der Waals surface area contributed by atoms with Gasteiger partial charge in [0.2, 0.25) is 0 Å². The molecule has 1 aliphatic heterocycles. The third kappa shape index (κ3) is 3.00. The molecule has 0 aromatic heterocycles. The fourth-order valence-corrected chi connectivity index (χ4v) is 2.54. The lowest BCUT2D eigenvalue weighted by molar-refractivity contribution is 0.147. The molecule has 0 saturated heterocycles. The number of benzene rings is 2. The number of para-hydroxylation sites is 1. The van der Waals surface area contributed by atoms with Crippen molar-refractivity contribution in [1.29, 1.82) is 0 Å². The summed E-state index contributed by atoms with van der Waals surface area (Å²) in [6.07, 6.45) is 0.804. The maximum absolute atomic E-state index is 13.3. The average molecular weight is 287 g/mol. The van der Waals surface area contributed by atoms with Crippen LogP contribution in [0.3, 0.4) is 0 Å². The van der Waals surface area contributed by atoms with Gasteiger partial charge in [-0.15, -0.1) is 0 Å². The van der Waals surface area contributed by atoms with Gasteiger partial charge in [-0.1, -0.05) is 18.2 Å². The van der Waals surface area contributed by atoms with Crippen molar-refractivity contribution in [2.75, 3.05) is 6.61 Å². The van der Waals surface area contributed by atoms with E-state index in [2.05, 4.69) is 6.07 Å². The second-order valence-electron chi connectivity index (χ2n) is 5.33. The standard InChI is InChI=1S/C17H18FNO2/c1-11(19)15-9-13(18)6-7-17(15)20-10-14-8-12-4-2-3-5-16(12)21-14/h2-7,9,11,14H,8,10,19H2,1H3. The van der Waals surface area contributed by atoms with Crippen LogP contribution in [0, 0.1) is 5.82 Å². The van der Waals surface area contributed by atoms with E-state index < -0.39 is 0 Å². The van der Waals surface area contributed by atoms with E-state index in [1.54, 1.807) is 6.07 Å². The van der Waals surface area contributed by atoms with Crippen molar-refractivity contribution in [2.24, 2.45) is 5.73 Å². The number of nitrogens with two attached hydrogens (primary N) is 1. The quantitative estimate of drug-likeness (QED) is 0.939. The Morgan fingerprint density at radius 2 is 2.14 bits per heavy atom. The molecule has 2 aromatic carbocycles. The Morgan fingerprint density at radius 1 is 1.33 bits per heavy atom. The number of hydrogen-bond acceptors (Lipinski definition) is 3. The van der Waals surface area contributed by atoms with Crippen molar-refractivity contribution in [3.05, 3.63) is 59.4 Å². The Hall–Kier alpha value is -2.07. The predicted molar refractivity (Wildman–Crippen MR) is 79.1 cm³/mol. The monoisotopic (exact) mass is 287 g/mol. The molecule has 0 bridgehead atoms. The minimum absolute atomic E-state index is 0.0200. The van der Waals surface area contributed by atoms with Crippen LogP contribution in [0.25, 0.3) is 0 Å². The highest BCUT2D eigenvalue weighted by molar-refractivity contribution is 5.38. The number of halogens is 1. The zero-order valence-corrected chi connectivity index (χ0v) is 11.9. The van der Waals surface area contributed by atoms with Crippen LogP contribution in [-0.2, 0) is 6.42 Å². The van der Waals surface area contributed by atoms with Gasteiger partial charge in [-0.25, -0.2) is 4.39 Å². The minimum Gasteiger partial charge on any atom is -0.489 e. The van der Waals surface area contributed by atoms with Crippen molar-refractivity contribution in [1.82, 2.24) is 0 Å². The van der Waals surface area contributed by atoms with E-state index in [-0.39, 0.29) is 18.0 Å². The normalized spacial score (nSPS) is 18.0. The van der Waals surface area contributed by atoms with Crippen molar-refractivity contribution in [2.45, 2.75) is 25.5 Å². The van der Waals surface area contributed by atoms with Gasteiger partial charge in [-0.3, -0.25) is 0 Å². The molecule has 2 unspecified atom stereocenters. The van der Waals surface area contributed by atoms with Crippen molar-refractivity contribution in [3.63, 3.8) is 0 Å². The Morgan fingerprint density at radius 3 is 2.90 bits per heavy atom. The maximum atomic E-state index is 13.3. The molecule has 21 heavy (non-hydrogen) atoms. The highest BCUT2D eigenvalue weighted by atomic mass is 19.1. The van der Waals surface area contributed by atoms with Gasteiger partial charge in [0.1, 0.15) is 30.0 Å². The second kappa shape index (κ2) is 5.74. The molecule has 0 saturated carbocycles. The minimum atomic E-state index is -0.306. The highest BCUT2D eigenvalue weighted by Crippen LogP contribution is 2.30. The molecule has 2 aromatic rings. The second-order valence-corrected chi connectivity index (χ2v) is 5.33. The summed E-state index contributed by atoms with van der Waals surface area (Å²) in [4.78, 5) is 0. The number of rotatable bonds is 4. The van der Waals surface area contributed by atoms with Gasteiger partial charge >= 0.3 is 0 Å². The largest absolute Gasteiger partial charge is 0.489 e. The van der Waals surface area contributed by atoms with Crippen LogP contribution in [0.2, 0.25) is 0 Å². The molecule has 4 heteroatoms. The lowest BCUT2D eigenvalue weighted by atomic mass is 10.1. The van der Waals surface area contributed by atoms with Crippen molar-refractivity contribution >= 4 is 0 Å². The van der Waals surface area contributed by atoms with E-state index in [9.17, 15) is 4.39 Å². The summed E-state index contributed by atoms with van der Waals surface area (Å²) in [7, 11) is 0. The molecular formula is C17H18FNO2. The lowest BCUT2D eigenvalue weighted by Crippen LogP contribution is -2.23. The number of fused-ring (bicyclic) bond motifs is 1. The number of hydrogen-bond donors (Lipinski definition) is 1. The molecule has 0 spiro atoms. The van der Waals surface area contributed by atoms with Gasteiger partial charge in [-0.05, 0) is 36.8 Å². The van der Waals surface area contributed by atoms with Crippen molar-refractivity contribution in [3.8, 4) is 11.5 Å². The first-order valence-electron chi connectivity index (χ1n) is 7.06. The fourth-order valence-electron chi connectivity index (χ4n) is 2.54. The van der Waals surface area contributed by atoms with Crippen molar-refractivity contribution < 1.29 is 13.9 Å². The zero-order chi connectivity index (χ0) is 14.8. The van der Waals surface area contributed by atoms with Crippen LogP contribution in [0.15, 0.2) is 42.5 Å². The topological polar surface area (TPSA) is 44.5 Å². The summed E-state index contributed by atoms with van der Waals surface area (Å²) < 4.78 is 24.9. The molecule has 0 aliphatic carbocycles. The van der Waals surface area contributed by atoms with Gasteiger partial charge in [0, 0.05) is 18.0 Å². The van der Waals surface area contributed by atoms with E-state index in [0.29, 0.717) is 17.9 Å². The first-order valence-corrected chi connectivity index (χ1v) is 7.06. The Labute approximate surface area is 123 Å². The molecule has 1 heterocycles. The van der Waals surface area contributed by atoms with Crippen LogP contribution >= 0.6 is 0 Å². The first kappa shape index (κ1) is 13.9. The smallest absolute Gasteiger partial charge is 0.137 e. The highest BCUT2D eigenvalue weighted by Gasteiger charge is 2.23. The fraction of sp³-hybridized carbons (Fsp3) is 0.294. The summed E-state index contributed by atoms with van der Waals surface area (Å²) in [6.45, 7) is 2.23. The molecule has 2 N–H and O–H groups in total. The summed E-state index contributed by atoms with van der Waals surface area (Å²) in [5.74, 6) is 1.22. The molecule has 0 fully saturated rings. The third-order valence-electron chi connectivity index (χ3n) is 3.60. The summed E-state index contributed by atoms with van der Waals surface area (Å²) in [5, 5.41) is 0. The number of ether oxygens (including phenoxy) is 2. The molecular weight excluding hydrogens is 269 g/mol. The Kier molecular flexibility index (Phi) is 3.80. The van der Waals surface area contributed by atoms with E-state index in [4.69, 9.17) is 15.2 Å². The van der Waals surface area contributed by atoms with Crippen LogP contribution in [-0.4, -0.2) is 12.7 Å². The van der Waals surface area contributed by atoms with Crippen LogP contribution in [0.4, 0.5) is 4.39 Å². The Bertz CT molecular complexity index is 617. The molecule has 3 nitrogen and oxygen atoms in total. The maximum Gasteiger partial charge on any atom is 0.137 e. The average Bonchev–Trinajstić information content (AvgIpc) is 2.88. The molecule has 110 valence electrons. The zero-order valence-electron chi connectivity index (χ0n) is 11.9. The first-order chi connectivity index (χ1) is 10.1. The molecule has 1 aliphatic rings. The van der Waals surface area contributed by atoms with Gasteiger partial charge in [0.25, 0.3) is 0 Å². The van der Waals surface area contributed by atoms with E-state index in [1.165, 1.54) is 17.7 Å². The van der Waals surface area contributed by atoms with Crippen LogP contribution < -0.4 is 15.2 Å². The Balaban J connectivity index is 1.67. The summed E-state index contributed by atoms with van der Waals surface area (Å²) >= 11 is 0. The van der Waals surface area contributed by atoms with Gasteiger partial charge < -0.3 is 15.2 Å². The van der Waals surface area contributed by atoms with E-state index >= 15 is 0 Å². The van der Waals surface area contributed by atoms with Gasteiger partial charge in [0.15, 0.2) is 0 Å². The van der Waals surface area contributed by atoms with Gasteiger partial charge in [-0.2, -0.15) is 0 Å². The van der Waals surface area contributed by atoms with E-state index in [0.717, 1.165) is 12.2 Å². The summed E-state index contributed by atoms with van der Waals surface area (Å²) in [6, 6.07) is 12.1. The SMILES string of the molecule is CC(N)c1cc(F)ccc1OCC1Cc2ccccc2O1. The predicted octanol–water partition coefficient (Wildman–Crippen LogP) is 3.23. The van der Waals surface area contributed by atoms with E-state index in [1.807, 2.05) is 25.1 Å². The molecule has 2 atom stereocenters. The third-order valence-corrected chi connectivity index (χ3v) is 3.60. The molecule has 0 radical (unpaired) electrons.